The molecular weight excluding hydrogens is 310 g/mol. The van der Waals surface area contributed by atoms with Crippen molar-refractivity contribution in [3.63, 3.8) is 0 Å². The molecule has 0 radical (unpaired) electrons. The summed E-state index contributed by atoms with van der Waals surface area (Å²) in [5.74, 6) is 0.719. The molecule has 2 rings (SSSR count). The van der Waals surface area contributed by atoms with Gasteiger partial charge in [-0.2, -0.15) is 0 Å². The number of nitrogens with zero attached hydrogens (tertiary/aromatic N) is 5. The Hall–Kier alpha value is -2.15. The normalized spacial score (nSPS) is 10.7. The van der Waals surface area contributed by atoms with E-state index in [4.69, 9.17) is 0 Å². The van der Waals surface area contributed by atoms with Crippen molar-refractivity contribution in [3.05, 3.63) is 43.0 Å². The Bertz CT molecular complexity index is 641. The SMILES string of the molecule is C=CCN(C(=O)CSc1nnnn1CC(C)C)c1ccccc1. The second-order valence-corrected chi connectivity index (χ2v) is 6.40. The van der Waals surface area contributed by atoms with Crippen molar-refractivity contribution in [2.24, 2.45) is 5.92 Å². The summed E-state index contributed by atoms with van der Waals surface area (Å²) in [5, 5.41) is 12.3. The Morgan fingerprint density at radius 1 is 1.39 bits per heavy atom. The molecule has 0 aliphatic carbocycles. The molecule has 122 valence electrons. The van der Waals surface area contributed by atoms with E-state index in [0.29, 0.717) is 17.6 Å². The van der Waals surface area contributed by atoms with Crippen LogP contribution in [0.4, 0.5) is 5.69 Å². The summed E-state index contributed by atoms with van der Waals surface area (Å²) in [6.07, 6.45) is 1.72. The number of benzene rings is 1. The fourth-order valence-corrected chi connectivity index (χ4v) is 2.82. The van der Waals surface area contributed by atoms with Gasteiger partial charge < -0.3 is 4.90 Å². The number of hydrogen-bond donors (Lipinski definition) is 0. The predicted octanol–water partition coefficient (Wildman–Crippen LogP) is 2.64. The highest BCUT2D eigenvalue weighted by atomic mass is 32.2. The molecule has 0 aliphatic heterocycles. The molecular formula is C16H21N5OS. The maximum Gasteiger partial charge on any atom is 0.237 e. The number of amides is 1. The lowest BCUT2D eigenvalue weighted by Gasteiger charge is -2.21. The summed E-state index contributed by atoms with van der Waals surface area (Å²) in [6.45, 7) is 9.13. The number of aromatic nitrogens is 4. The minimum Gasteiger partial charge on any atom is -0.308 e. The lowest BCUT2D eigenvalue weighted by atomic mass is 10.2. The molecule has 23 heavy (non-hydrogen) atoms. The third-order valence-corrected chi connectivity index (χ3v) is 3.98. The molecule has 0 aliphatic rings. The van der Waals surface area contributed by atoms with Gasteiger partial charge in [-0.05, 0) is 28.5 Å². The molecule has 0 saturated heterocycles. The van der Waals surface area contributed by atoms with Crippen LogP contribution >= 0.6 is 11.8 Å². The van der Waals surface area contributed by atoms with E-state index < -0.39 is 0 Å². The second-order valence-electron chi connectivity index (χ2n) is 5.45. The number of carbonyl (C=O) groups excluding carboxylic acids is 1. The van der Waals surface area contributed by atoms with Crippen LogP contribution in [0, 0.1) is 5.92 Å². The first kappa shape index (κ1) is 17.2. The van der Waals surface area contributed by atoms with E-state index in [1.165, 1.54) is 11.8 Å². The minimum atomic E-state index is 0.000182. The molecule has 1 heterocycles. The van der Waals surface area contributed by atoms with E-state index in [9.17, 15) is 4.79 Å². The van der Waals surface area contributed by atoms with Crippen LogP contribution in [0.25, 0.3) is 0 Å². The second kappa shape index (κ2) is 8.47. The number of tetrazole rings is 1. The Kier molecular flexibility index (Phi) is 6.34. The molecule has 6 nitrogen and oxygen atoms in total. The van der Waals surface area contributed by atoms with Crippen LogP contribution in [0.1, 0.15) is 13.8 Å². The van der Waals surface area contributed by atoms with Crippen molar-refractivity contribution in [1.82, 2.24) is 20.2 Å². The molecule has 7 heteroatoms. The number of rotatable bonds is 8. The van der Waals surface area contributed by atoms with Crippen LogP contribution < -0.4 is 4.90 Å². The number of hydrogen-bond acceptors (Lipinski definition) is 5. The minimum absolute atomic E-state index is 0.000182. The lowest BCUT2D eigenvalue weighted by Crippen LogP contribution is -2.32. The van der Waals surface area contributed by atoms with Crippen molar-refractivity contribution in [1.29, 1.82) is 0 Å². The third kappa shape index (κ3) is 4.92. The van der Waals surface area contributed by atoms with Crippen LogP contribution in [0.3, 0.4) is 0 Å². The van der Waals surface area contributed by atoms with Crippen molar-refractivity contribution < 1.29 is 4.79 Å². The zero-order valence-corrected chi connectivity index (χ0v) is 14.2. The molecule has 0 unspecified atom stereocenters. The average Bonchev–Trinajstić information content (AvgIpc) is 2.97. The first-order valence-corrected chi connectivity index (χ1v) is 8.45. The molecule has 0 fully saturated rings. The van der Waals surface area contributed by atoms with Gasteiger partial charge in [0.2, 0.25) is 11.1 Å². The molecule has 1 aromatic carbocycles. The zero-order valence-electron chi connectivity index (χ0n) is 13.4. The van der Waals surface area contributed by atoms with Gasteiger partial charge in [-0.15, -0.1) is 11.7 Å². The first-order valence-electron chi connectivity index (χ1n) is 7.47. The van der Waals surface area contributed by atoms with Crippen molar-refractivity contribution in [2.75, 3.05) is 17.2 Å². The summed E-state index contributed by atoms with van der Waals surface area (Å²) in [7, 11) is 0. The van der Waals surface area contributed by atoms with Crippen molar-refractivity contribution in [3.8, 4) is 0 Å². The molecule has 0 N–H and O–H groups in total. The smallest absolute Gasteiger partial charge is 0.237 e. The molecule has 1 aromatic heterocycles. The van der Waals surface area contributed by atoms with Gasteiger partial charge in [-0.3, -0.25) is 4.79 Å². The van der Waals surface area contributed by atoms with Crippen molar-refractivity contribution in [2.45, 2.75) is 25.5 Å². The monoisotopic (exact) mass is 331 g/mol. The summed E-state index contributed by atoms with van der Waals surface area (Å²) in [5.41, 5.74) is 0.861. The summed E-state index contributed by atoms with van der Waals surface area (Å²) in [4.78, 5) is 14.2. The van der Waals surface area contributed by atoms with E-state index in [-0.39, 0.29) is 11.7 Å². The maximum absolute atomic E-state index is 12.5. The van der Waals surface area contributed by atoms with Gasteiger partial charge in [0.25, 0.3) is 0 Å². The van der Waals surface area contributed by atoms with Crippen molar-refractivity contribution >= 4 is 23.4 Å². The van der Waals surface area contributed by atoms with Gasteiger partial charge in [0.1, 0.15) is 0 Å². The zero-order chi connectivity index (χ0) is 16.7. The fourth-order valence-electron chi connectivity index (χ4n) is 2.05. The van der Waals surface area contributed by atoms with Crippen LogP contribution in [-0.2, 0) is 11.3 Å². The van der Waals surface area contributed by atoms with Crippen LogP contribution in [0.15, 0.2) is 48.1 Å². The highest BCUT2D eigenvalue weighted by Gasteiger charge is 2.17. The summed E-state index contributed by atoms with van der Waals surface area (Å²) < 4.78 is 1.74. The molecule has 0 atom stereocenters. The number of para-hydroxylation sites is 1. The van der Waals surface area contributed by atoms with Gasteiger partial charge in [-0.25, -0.2) is 4.68 Å². The number of thioether (sulfide) groups is 1. The average molecular weight is 331 g/mol. The maximum atomic E-state index is 12.5. The number of anilines is 1. The summed E-state index contributed by atoms with van der Waals surface area (Å²) >= 11 is 1.35. The van der Waals surface area contributed by atoms with Gasteiger partial charge in [0.05, 0.1) is 5.75 Å². The standard InChI is InChI=1S/C16H21N5OS/c1-4-10-20(14-8-6-5-7-9-14)15(22)12-23-16-17-18-19-21(16)11-13(2)3/h4-9,13H,1,10-12H2,2-3H3. The molecule has 0 saturated carbocycles. The molecule has 2 aromatic rings. The third-order valence-electron chi connectivity index (χ3n) is 3.04. The number of carbonyl (C=O) groups is 1. The largest absolute Gasteiger partial charge is 0.308 e. The molecule has 1 amide bonds. The van der Waals surface area contributed by atoms with Crippen LogP contribution in [0.2, 0.25) is 0 Å². The topological polar surface area (TPSA) is 63.9 Å². The Morgan fingerprint density at radius 2 is 2.13 bits per heavy atom. The van der Waals surface area contributed by atoms with E-state index in [2.05, 4.69) is 36.0 Å². The Labute approximate surface area is 140 Å². The predicted molar refractivity (Wildman–Crippen MR) is 92.4 cm³/mol. The fraction of sp³-hybridized carbons (Fsp3) is 0.375. The molecule has 0 spiro atoms. The Balaban J connectivity index is 2.02. The van der Waals surface area contributed by atoms with Crippen LogP contribution in [0.5, 0.6) is 0 Å². The van der Waals surface area contributed by atoms with E-state index in [1.54, 1.807) is 15.7 Å². The van der Waals surface area contributed by atoms with E-state index in [1.807, 2.05) is 30.3 Å². The highest BCUT2D eigenvalue weighted by molar-refractivity contribution is 7.99. The van der Waals surface area contributed by atoms with Gasteiger partial charge in [0, 0.05) is 18.8 Å². The quantitative estimate of drug-likeness (QED) is 0.549. The van der Waals surface area contributed by atoms with E-state index >= 15 is 0 Å². The van der Waals surface area contributed by atoms with Gasteiger partial charge in [0.15, 0.2) is 0 Å². The summed E-state index contributed by atoms with van der Waals surface area (Å²) in [6, 6.07) is 9.57. The highest BCUT2D eigenvalue weighted by Crippen LogP contribution is 2.19. The van der Waals surface area contributed by atoms with Crippen LogP contribution in [-0.4, -0.2) is 38.4 Å². The lowest BCUT2D eigenvalue weighted by molar-refractivity contribution is -0.116. The Morgan fingerprint density at radius 3 is 2.78 bits per heavy atom. The first-order chi connectivity index (χ1) is 11.1. The van der Waals surface area contributed by atoms with Gasteiger partial charge >= 0.3 is 0 Å². The van der Waals surface area contributed by atoms with E-state index in [0.717, 1.165) is 12.2 Å². The molecule has 0 bridgehead atoms. The van der Waals surface area contributed by atoms with Gasteiger partial charge in [-0.1, -0.05) is 49.9 Å².